The average molecular weight is 386 g/mol. The van der Waals surface area contributed by atoms with Crippen molar-refractivity contribution in [3.8, 4) is 0 Å². The van der Waals surface area contributed by atoms with Crippen LogP contribution in [-0.4, -0.2) is 21.8 Å². The van der Waals surface area contributed by atoms with Crippen molar-refractivity contribution < 1.29 is 22.8 Å². The molecule has 3 rings (SSSR count). The van der Waals surface area contributed by atoms with E-state index in [1.165, 1.54) is 18.2 Å². The van der Waals surface area contributed by atoms with E-state index in [0.29, 0.717) is 6.07 Å². The van der Waals surface area contributed by atoms with E-state index in [0.717, 1.165) is 11.6 Å². The summed E-state index contributed by atoms with van der Waals surface area (Å²) in [6.07, 6.45) is 3.17. The molecule has 0 atom stereocenters. The van der Waals surface area contributed by atoms with Gasteiger partial charge in [0.15, 0.2) is 17.5 Å². The predicted octanol–water partition coefficient (Wildman–Crippen LogP) is 3.08. The fourth-order valence-electron chi connectivity index (χ4n) is 2.27. The van der Waals surface area contributed by atoms with Crippen molar-refractivity contribution in [2.75, 3.05) is 5.32 Å². The second-order valence-electron chi connectivity index (χ2n) is 5.62. The highest BCUT2D eigenvalue weighted by Crippen LogP contribution is 2.20. The van der Waals surface area contributed by atoms with Gasteiger partial charge in [-0.05, 0) is 42.0 Å². The zero-order valence-electron chi connectivity index (χ0n) is 14.2. The Labute approximate surface area is 157 Å². The van der Waals surface area contributed by atoms with E-state index in [2.05, 4.69) is 20.6 Å². The standard InChI is InChI=1S/C19H13F3N4O2/c20-12-4-5-13(17(22)16(12)21)26-19(28)15-3-1-2-14(25-15)18(27)24-10-11-6-8-23-9-7-11/h1-9H,10H2,(H,24,27)(H,26,28). The topological polar surface area (TPSA) is 84.0 Å². The molecule has 0 unspecified atom stereocenters. The Morgan fingerprint density at radius 1 is 0.857 bits per heavy atom. The molecule has 28 heavy (non-hydrogen) atoms. The summed E-state index contributed by atoms with van der Waals surface area (Å²) >= 11 is 0. The third kappa shape index (κ3) is 4.32. The van der Waals surface area contributed by atoms with Gasteiger partial charge in [0.2, 0.25) is 0 Å². The van der Waals surface area contributed by atoms with Gasteiger partial charge in [0.25, 0.3) is 11.8 Å². The lowest BCUT2D eigenvalue weighted by atomic mass is 10.2. The van der Waals surface area contributed by atoms with Crippen LogP contribution in [-0.2, 0) is 6.54 Å². The summed E-state index contributed by atoms with van der Waals surface area (Å²) in [5.74, 6) is -6.00. The summed E-state index contributed by atoms with van der Waals surface area (Å²) in [5.41, 5.74) is 0.0532. The number of pyridine rings is 2. The van der Waals surface area contributed by atoms with E-state index in [1.807, 2.05) is 0 Å². The normalized spacial score (nSPS) is 10.4. The molecule has 3 aromatic rings. The van der Waals surface area contributed by atoms with E-state index in [9.17, 15) is 22.8 Å². The maximum absolute atomic E-state index is 13.7. The fourth-order valence-corrected chi connectivity index (χ4v) is 2.27. The van der Waals surface area contributed by atoms with Crippen molar-refractivity contribution in [3.05, 3.63) is 89.3 Å². The van der Waals surface area contributed by atoms with Gasteiger partial charge in [-0.15, -0.1) is 0 Å². The maximum atomic E-state index is 13.7. The SMILES string of the molecule is O=C(NCc1ccncc1)c1cccc(C(=O)Nc2ccc(F)c(F)c2F)n1. The Morgan fingerprint density at radius 2 is 1.54 bits per heavy atom. The molecule has 0 aliphatic carbocycles. The highest BCUT2D eigenvalue weighted by Gasteiger charge is 2.17. The zero-order valence-corrected chi connectivity index (χ0v) is 14.2. The second kappa shape index (κ2) is 8.30. The number of amides is 2. The van der Waals surface area contributed by atoms with Gasteiger partial charge in [-0.2, -0.15) is 0 Å². The summed E-state index contributed by atoms with van der Waals surface area (Å²) < 4.78 is 39.9. The molecular weight excluding hydrogens is 373 g/mol. The molecule has 142 valence electrons. The number of carbonyl (C=O) groups excluding carboxylic acids is 2. The van der Waals surface area contributed by atoms with Crippen molar-refractivity contribution in [1.29, 1.82) is 0 Å². The molecule has 1 aromatic carbocycles. The van der Waals surface area contributed by atoms with Crippen molar-refractivity contribution in [1.82, 2.24) is 15.3 Å². The first-order valence-corrected chi connectivity index (χ1v) is 8.04. The number of carbonyl (C=O) groups is 2. The molecule has 0 aliphatic heterocycles. The summed E-state index contributed by atoms with van der Waals surface area (Å²) in [7, 11) is 0. The molecule has 0 bridgehead atoms. The molecular formula is C19H13F3N4O2. The lowest BCUT2D eigenvalue weighted by Crippen LogP contribution is -2.25. The third-order valence-electron chi connectivity index (χ3n) is 3.70. The maximum Gasteiger partial charge on any atom is 0.274 e. The lowest BCUT2D eigenvalue weighted by molar-refractivity contribution is 0.0945. The number of halogens is 3. The van der Waals surface area contributed by atoms with E-state index < -0.39 is 35.0 Å². The van der Waals surface area contributed by atoms with Gasteiger partial charge in [-0.25, -0.2) is 18.2 Å². The Balaban J connectivity index is 1.71. The van der Waals surface area contributed by atoms with Crippen molar-refractivity contribution in [2.24, 2.45) is 0 Å². The van der Waals surface area contributed by atoms with Gasteiger partial charge in [0.1, 0.15) is 11.4 Å². The van der Waals surface area contributed by atoms with Crippen LogP contribution in [0.15, 0.2) is 54.9 Å². The number of hydrogen-bond donors (Lipinski definition) is 2. The smallest absolute Gasteiger partial charge is 0.274 e. The minimum absolute atomic E-state index is 0.0348. The van der Waals surface area contributed by atoms with Crippen LogP contribution in [0.1, 0.15) is 26.5 Å². The van der Waals surface area contributed by atoms with Crippen LogP contribution >= 0.6 is 0 Å². The van der Waals surface area contributed by atoms with E-state index in [-0.39, 0.29) is 17.9 Å². The first kappa shape index (κ1) is 19.0. The van der Waals surface area contributed by atoms with Crippen LogP contribution in [0.5, 0.6) is 0 Å². The molecule has 0 fully saturated rings. The van der Waals surface area contributed by atoms with Gasteiger partial charge in [0, 0.05) is 18.9 Å². The Bertz CT molecular complexity index is 1030. The molecule has 0 saturated carbocycles. The minimum Gasteiger partial charge on any atom is -0.347 e. The highest BCUT2D eigenvalue weighted by atomic mass is 19.2. The van der Waals surface area contributed by atoms with Crippen LogP contribution in [0.25, 0.3) is 0 Å². The Hall–Kier alpha value is -3.75. The molecule has 2 amide bonds. The van der Waals surface area contributed by atoms with Gasteiger partial charge >= 0.3 is 0 Å². The molecule has 6 nitrogen and oxygen atoms in total. The van der Waals surface area contributed by atoms with Crippen molar-refractivity contribution in [3.63, 3.8) is 0 Å². The Kier molecular flexibility index (Phi) is 5.64. The number of nitrogens with one attached hydrogen (secondary N) is 2. The fraction of sp³-hybridized carbons (Fsp3) is 0.0526. The molecule has 2 aromatic heterocycles. The van der Waals surface area contributed by atoms with Gasteiger partial charge in [-0.3, -0.25) is 14.6 Å². The lowest BCUT2D eigenvalue weighted by Gasteiger charge is -2.08. The quantitative estimate of drug-likeness (QED) is 0.660. The number of hydrogen-bond acceptors (Lipinski definition) is 4. The predicted molar refractivity (Wildman–Crippen MR) is 93.9 cm³/mol. The first-order valence-electron chi connectivity index (χ1n) is 8.04. The Morgan fingerprint density at radius 3 is 2.25 bits per heavy atom. The summed E-state index contributed by atoms with van der Waals surface area (Å²) in [4.78, 5) is 32.2. The van der Waals surface area contributed by atoms with Gasteiger partial charge in [-0.1, -0.05) is 6.07 Å². The number of aromatic nitrogens is 2. The molecule has 0 aliphatic rings. The molecule has 2 heterocycles. The first-order chi connectivity index (χ1) is 13.5. The molecule has 9 heteroatoms. The van der Waals surface area contributed by atoms with Crippen LogP contribution < -0.4 is 10.6 Å². The zero-order chi connectivity index (χ0) is 20.1. The van der Waals surface area contributed by atoms with E-state index >= 15 is 0 Å². The number of anilines is 1. The van der Waals surface area contributed by atoms with Crippen molar-refractivity contribution in [2.45, 2.75) is 6.54 Å². The van der Waals surface area contributed by atoms with Gasteiger partial charge < -0.3 is 10.6 Å². The van der Waals surface area contributed by atoms with Crippen LogP contribution in [0, 0.1) is 17.5 Å². The van der Waals surface area contributed by atoms with E-state index in [4.69, 9.17) is 0 Å². The summed E-state index contributed by atoms with van der Waals surface area (Å²) in [6, 6.07) is 9.15. The molecule has 2 N–H and O–H groups in total. The molecule has 0 radical (unpaired) electrons. The minimum atomic E-state index is -1.70. The van der Waals surface area contributed by atoms with Gasteiger partial charge in [0.05, 0.1) is 5.69 Å². The van der Waals surface area contributed by atoms with Crippen molar-refractivity contribution >= 4 is 17.5 Å². The number of rotatable bonds is 5. The van der Waals surface area contributed by atoms with Crippen LogP contribution in [0.3, 0.4) is 0 Å². The second-order valence-corrected chi connectivity index (χ2v) is 5.62. The largest absolute Gasteiger partial charge is 0.347 e. The summed E-state index contributed by atoms with van der Waals surface area (Å²) in [5, 5.41) is 4.74. The average Bonchev–Trinajstić information content (AvgIpc) is 2.73. The summed E-state index contributed by atoms with van der Waals surface area (Å²) in [6.45, 7) is 0.236. The number of benzene rings is 1. The monoisotopic (exact) mass is 386 g/mol. The van der Waals surface area contributed by atoms with Crippen LogP contribution in [0.2, 0.25) is 0 Å². The number of nitrogens with zero attached hydrogens (tertiary/aromatic N) is 2. The highest BCUT2D eigenvalue weighted by molar-refractivity contribution is 6.03. The molecule has 0 saturated heterocycles. The van der Waals surface area contributed by atoms with E-state index in [1.54, 1.807) is 24.5 Å². The van der Waals surface area contributed by atoms with Crippen LogP contribution in [0.4, 0.5) is 18.9 Å². The third-order valence-corrected chi connectivity index (χ3v) is 3.70. The molecule has 0 spiro atoms.